The number of benzene rings is 1. The molecule has 1 aliphatic rings. The van der Waals surface area contributed by atoms with E-state index in [0.717, 1.165) is 32.6 Å². The second-order valence-electron chi connectivity index (χ2n) is 5.14. The molecular formula is C15H20Cl2N2. The lowest BCUT2D eigenvalue weighted by molar-refractivity contribution is 0.172. The minimum absolute atomic E-state index is 0.342. The zero-order chi connectivity index (χ0) is 13.8. The van der Waals surface area contributed by atoms with E-state index in [2.05, 4.69) is 29.8 Å². The topological polar surface area (TPSA) is 15.3 Å². The number of rotatable bonds is 4. The van der Waals surface area contributed by atoms with Crippen molar-refractivity contribution < 1.29 is 0 Å². The fourth-order valence-electron chi connectivity index (χ4n) is 2.50. The van der Waals surface area contributed by atoms with E-state index in [0.29, 0.717) is 16.1 Å². The second-order valence-corrected chi connectivity index (χ2v) is 5.95. The molecule has 0 bridgehead atoms. The summed E-state index contributed by atoms with van der Waals surface area (Å²) in [6.45, 7) is 10.3. The maximum atomic E-state index is 6.15. The van der Waals surface area contributed by atoms with Gasteiger partial charge in [-0.2, -0.15) is 0 Å². The van der Waals surface area contributed by atoms with Gasteiger partial charge in [0.2, 0.25) is 0 Å². The molecule has 1 N–H and O–H groups in total. The van der Waals surface area contributed by atoms with Crippen LogP contribution in [0.2, 0.25) is 10.0 Å². The lowest BCUT2D eigenvalue weighted by Crippen LogP contribution is -2.45. The SMILES string of the molecule is C=C(C)C[C@H](c1ccc(Cl)c(Cl)c1)N1CCNCC1. The molecule has 0 saturated carbocycles. The van der Waals surface area contributed by atoms with Gasteiger partial charge in [-0.1, -0.05) is 34.8 Å². The van der Waals surface area contributed by atoms with Crippen molar-refractivity contribution in [2.24, 2.45) is 0 Å². The van der Waals surface area contributed by atoms with E-state index in [1.165, 1.54) is 11.1 Å². The predicted octanol–water partition coefficient (Wildman–Crippen LogP) is 3.91. The van der Waals surface area contributed by atoms with E-state index in [4.69, 9.17) is 23.2 Å². The van der Waals surface area contributed by atoms with Gasteiger partial charge in [-0.05, 0) is 31.0 Å². The van der Waals surface area contributed by atoms with Crippen molar-refractivity contribution in [3.8, 4) is 0 Å². The Balaban J connectivity index is 2.24. The van der Waals surface area contributed by atoms with Crippen molar-refractivity contribution in [2.45, 2.75) is 19.4 Å². The first kappa shape index (κ1) is 14.9. The van der Waals surface area contributed by atoms with Gasteiger partial charge in [0, 0.05) is 32.2 Å². The number of piperazine rings is 1. The maximum Gasteiger partial charge on any atom is 0.0595 e. The van der Waals surface area contributed by atoms with Gasteiger partial charge < -0.3 is 5.32 Å². The number of hydrogen-bond donors (Lipinski definition) is 1. The van der Waals surface area contributed by atoms with Crippen LogP contribution in [0.5, 0.6) is 0 Å². The molecule has 0 spiro atoms. The van der Waals surface area contributed by atoms with E-state index < -0.39 is 0 Å². The molecule has 1 aromatic carbocycles. The Morgan fingerprint density at radius 3 is 2.58 bits per heavy atom. The maximum absolute atomic E-state index is 6.15. The first-order chi connectivity index (χ1) is 9.08. The summed E-state index contributed by atoms with van der Waals surface area (Å²) in [4.78, 5) is 2.49. The van der Waals surface area contributed by atoms with Crippen LogP contribution in [0.3, 0.4) is 0 Å². The standard InChI is InChI=1S/C15H20Cl2N2/c1-11(2)9-15(19-7-5-18-6-8-19)12-3-4-13(16)14(17)10-12/h3-4,10,15,18H,1,5-9H2,2H3/t15-/m1/s1. The molecule has 19 heavy (non-hydrogen) atoms. The van der Waals surface area contributed by atoms with E-state index >= 15 is 0 Å². The molecule has 0 aliphatic carbocycles. The first-order valence-electron chi connectivity index (χ1n) is 6.62. The van der Waals surface area contributed by atoms with Crippen LogP contribution in [0.15, 0.2) is 30.4 Å². The van der Waals surface area contributed by atoms with Crippen LogP contribution in [0.4, 0.5) is 0 Å². The molecule has 1 saturated heterocycles. The van der Waals surface area contributed by atoms with Gasteiger partial charge in [0.15, 0.2) is 0 Å². The largest absolute Gasteiger partial charge is 0.314 e. The van der Waals surface area contributed by atoms with E-state index in [-0.39, 0.29) is 0 Å². The minimum Gasteiger partial charge on any atom is -0.314 e. The summed E-state index contributed by atoms with van der Waals surface area (Å²) < 4.78 is 0. The van der Waals surface area contributed by atoms with Crippen molar-refractivity contribution in [3.05, 3.63) is 46.0 Å². The van der Waals surface area contributed by atoms with Crippen LogP contribution in [0.1, 0.15) is 24.9 Å². The van der Waals surface area contributed by atoms with Crippen LogP contribution < -0.4 is 5.32 Å². The van der Waals surface area contributed by atoms with Gasteiger partial charge in [0.1, 0.15) is 0 Å². The number of nitrogens with zero attached hydrogens (tertiary/aromatic N) is 1. The third-order valence-electron chi connectivity index (χ3n) is 3.46. The number of halogens is 2. The van der Waals surface area contributed by atoms with Crippen molar-refractivity contribution in [1.29, 1.82) is 0 Å². The average molecular weight is 299 g/mol. The fraction of sp³-hybridized carbons (Fsp3) is 0.467. The molecule has 0 radical (unpaired) electrons. The number of hydrogen-bond acceptors (Lipinski definition) is 2. The second kappa shape index (κ2) is 6.76. The molecule has 1 aromatic rings. The highest BCUT2D eigenvalue weighted by atomic mass is 35.5. The van der Waals surface area contributed by atoms with Crippen molar-refractivity contribution >= 4 is 23.2 Å². The summed E-state index contributed by atoms with van der Waals surface area (Å²) >= 11 is 12.2. The summed E-state index contributed by atoms with van der Waals surface area (Å²) in [5.74, 6) is 0. The molecule has 1 atom stereocenters. The van der Waals surface area contributed by atoms with Gasteiger partial charge >= 0.3 is 0 Å². The highest BCUT2D eigenvalue weighted by molar-refractivity contribution is 6.42. The summed E-state index contributed by atoms with van der Waals surface area (Å²) in [7, 11) is 0. The minimum atomic E-state index is 0.342. The Hall–Kier alpha value is -0.540. The zero-order valence-electron chi connectivity index (χ0n) is 11.3. The van der Waals surface area contributed by atoms with Crippen molar-refractivity contribution in [3.63, 3.8) is 0 Å². The third kappa shape index (κ3) is 3.96. The van der Waals surface area contributed by atoms with Crippen molar-refractivity contribution in [2.75, 3.05) is 26.2 Å². The third-order valence-corrected chi connectivity index (χ3v) is 4.20. The Kier molecular flexibility index (Phi) is 5.28. The van der Waals surface area contributed by atoms with Crippen molar-refractivity contribution in [1.82, 2.24) is 10.2 Å². The van der Waals surface area contributed by atoms with Crippen LogP contribution in [0, 0.1) is 0 Å². The summed E-state index contributed by atoms with van der Waals surface area (Å²) in [5.41, 5.74) is 2.41. The van der Waals surface area contributed by atoms with E-state index in [9.17, 15) is 0 Å². The van der Waals surface area contributed by atoms with E-state index in [1.807, 2.05) is 12.1 Å². The average Bonchev–Trinajstić information content (AvgIpc) is 2.40. The molecule has 0 unspecified atom stereocenters. The Bertz CT molecular complexity index is 453. The quantitative estimate of drug-likeness (QED) is 0.848. The molecule has 1 heterocycles. The van der Waals surface area contributed by atoms with Gasteiger partial charge in [-0.15, -0.1) is 6.58 Å². The molecule has 1 aliphatic heterocycles. The molecule has 0 amide bonds. The lowest BCUT2D eigenvalue weighted by Gasteiger charge is -2.35. The molecule has 0 aromatic heterocycles. The summed E-state index contributed by atoms with van der Waals surface area (Å²) in [6, 6.07) is 6.28. The molecule has 1 fully saturated rings. The summed E-state index contributed by atoms with van der Waals surface area (Å²) in [5, 5.41) is 4.62. The molecular weight excluding hydrogens is 279 g/mol. The van der Waals surface area contributed by atoms with Gasteiger partial charge in [-0.25, -0.2) is 0 Å². The van der Waals surface area contributed by atoms with Crippen LogP contribution in [-0.2, 0) is 0 Å². The van der Waals surface area contributed by atoms with Crippen LogP contribution >= 0.6 is 23.2 Å². The van der Waals surface area contributed by atoms with Gasteiger partial charge in [0.05, 0.1) is 10.0 Å². The molecule has 2 nitrogen and oxygen atoms in total. The van der Waals surface area contributed by atoms with Gasteiger partial charge in [0.25, 0.3) is 0 Å². The highest BCUT2D eigenvalue weighted by Gasteiger charge is 2.22. The Morgan fingerprint density at radius 2 is 2.00 bits per heavy atom. The smallest absolute Gasteiger partial charge is 0.0595 e. The number of nitrogens with one attached hydrogen (secondary N) is 1. The van der Waals surface area contributed by atoms with Crippen LogP contribution in [-0.4, -0.2) is 31.1 Å². The predicted molar refractivity (Wildman–Crippen MR) is 83.1 cm³/mol. The lowest BCUT2D eigenvalue weighted by atomic mass is 9.98. The van der Waals surface area contributed by atoms with Gasteiger partial charge in [-0.3, -0.25) is 4.90 Å². The van der Waals surface area contributed by atoms with Crippen LogP contribution in [0.25, 0.3) is 0 Å². The molecule has 104 valence electrons. The fourth-order valence-corrected chi connectivity index (χ4v) is 2.81. The molecule has 2 rings (SSSR count). The molecule has 4 heteroatoms. The monoisotopic (exact) mass is 298 g/mol. The Labute approximate surface area is 125 Å². The zero-order valence-corrected chi connectivity index (χ0v) is 12.8. The normalized spacial score (nSPS) is 18.3. The summed E-state index contributed by atoms with van der Waals surface area (Å²) in [6.07, 6.45) is 0.956. The first-order valence-corrected chi connectivity index (χ1v) is 7.37. The Morgan fingerprint density at radius 1 is 1.32 bits per heavy atom. The van der Waals surface area contributed by atoms with E-state index in [1.54, 1.807) is 0 Å². The highest BCUT2D eigenvalue weighted by Crippen LogP contribution is 2.32.